The normalized spacial score (nSPS) is 48.4. The van der Waals surface area contributed by atoms with E-state index in [0.29, 0.717) is 18.3 Å². The summed E-state index contributed by atoms with van der Waals surface area (Å²) >= 11 is 0. The summed E-state index contributed by atoms with van der Waals surface area (Å²) < 4.78 is 0. The number of aliphatic hydroxyl groups excluding tert-OH is 2. The molecule has 0 heterocycles. The molecule has 0 bridgehead atoms. The topological polar surface area (TPSA) is 98.0 Å². The number of aliphatic hydroxyl groups is 3. The maximum absolute atomic E-state index is 11.2. The maximum Gasteiger partial charge on any atom is 0.381 e. The first-order valence-electron chi connectivity index (χ1n) is 10.3. The van der Waals surface area contributed by atoms with Gasteiger partial charge in [0.1, 0.15) is 5.60 Å². The van der Waals surface area contributed by atoms with Crippen molar-refractivity contribution in [3.63, 3.8) is 0 Å². The predicted octanol–water partition coefficient (Wildman–Crippen LogP) is 2.10. The Morgan fingerprint density at radius 2 is 1.96 bits per heavy atom. The maximum atomic E-state index is 11.2. The van der Waals surface area contributed by atoms with Crippen LogP contribution in [-0.2, 0) is 4.79 Å². The van der Waals surface area contributed by atoms with Crippen LogP contribution in [0.4, 0.5) is 0 Å². The van der Waals surface area contributed by atoms with Crippen molar-refractivity contribution in [1.82, 2.24) is 0 Å². The van der Waals surface area contributed by atoms with Crippen molar-refractivity contribution in [2.24, 2.45) is 29.1 Å². The molecule has 4 N–H and O–H groups in total. The predicted molar refractivity (Wildman–Crippen MR) is 99.5 cm³/mol. The smallest absolute Gasteiger partial charge is 0.381 e. The van der Waals surface area contributed by atoms with Gasteiger partial charge in [-0.3, -0.25) is 0 Å². The van der Waals surface area contributed by atoms with Gasteiger partial charge in [-0.1, -0.05) is 24.5 Å². The highest BCUT2D eigenvalue weighted by molar-refractivity contribution is 5.86. The fourth-order valence-electron chi connectivity index (χ4n) is 6.93. The van der Waals surface area contributed by atoms with E-state index in [9.17, 15) is 20.1 Å². The minimum atomic E-state index is -1.30. The lowest BCUT2D eigenvalue weighted by atomic mass is 9.50. The molecule has 5 heteroatoms. The Balaban J connectivity index is 1.59. The van der Waals surface area contributed by atoms with E-state index in [4.69, 9.17) is 5.11 Å². The second-order valence-electron chi connectivity index (χ2n) is 9.42. The SMILES string of the molecule is C[C@]12CC[C@H](O)CC1=CC[C@H]1[C@@H]3C[C@H](O)[C@@](O)(CC#CC(=O)O)C3CC[C@@H]12. The van der Waals surface area contributed by atoms with Gasteiger partial charge in [0, 0.05) is 12.3 Å². The van der Waals surface area contributed by atoms with Crippen LogP contribution in [0.1, 0.15) is 58.3 Å². The molecule has 5 nitrogen and oxygen atoms in total. The van der Waals surface area contributed by atoms with Crippen LogP contribution in [0.3, 0.4) is 0 Å². The quantitative estimate of drug-likeness (QED) is 0.416. The van der Waals surface area contributed by atoms with Gasteiger partial charge in [0.2, 0.25) is 0 Å². The summed E-state index contributed by atoms with van der Waals surface area (Å²) in [6, 6.07) is 0. The van der Waals surface area contributed by atoms with Crippen LogP contribution in [0.25, 0.3) is 0 Å². The number of aliphatic carboxylic acids is 1. The molecule has 0 aromatic rings. The largest absolute Gasteiger partial charge is 0.472 e. The summed E-state index contributed by atoms with van der Waals surface area (Å²) in [5, 5.41) is 40.7. The third-order valence-electron chi connectivity index (χ3n) is 8.29. The van der Waals surface area contributed by atoms with Crippen molar-refractivity contribution in [3.8, 4) is 11.8 Å². The molecule has 27 heavy (non-hydrogen) atoms. The zero-order chi connectivity index (χ0) is 19.4. The van der Waals surface area contributed by atoms with Crippen LogP contribution >= 0.6 is 0 Å². The Bertz CT molecular complexity index is 718. The van der Waals surface area contributed by atoms with E-state index in [1.165, 1.54) is 5.57 Å². The fraction of sp³-hybridized carbons (Fsp3) is 0.773. The van der Waals surface area contributed by atoms with Gasteiger partial charge in [-0.2, -0.15) is 0 Å². The lowest BCUT2D eigenvalue weighted by Gasteiger charge is -2.55. The molecule has 3 saturated carbocycles. The van der Waals surface area contributed by atoms with Crippen LogP contribution in [0.5, 0.6) is 0 Å². The van der Waals surface area contributed by atoms with Crippen LogP contribution in [-0.4, -0.2) is 44.2 Å². The Morgan fingerprint density at radius 1 is 1.22 bits per heavy atom. The highest BCUT2D eigenvalue weighted by atomic mass is 16.4. The summed E-state index contributed by atoms with van der Waals surface area (Å²) in [5.74, 6) is 4.63. The first-order valence-corrected chi connectivity index (χ1v) is 10.3. The Hall–Kier alpha value is -1.35. The fourth-order valence-corrected chi connectivity index (χ4v) is 6.93. The molecule has 0 saturated heterocycles. The Morgan fingerprint density at radius 3 is 2.70 bits per heavy atom. The highest BCUT2D eigenvalue weighted by Gasteiger charge is 2.60. The monoisotopic (exact) mass is 374 g/mol. The molecule has 4 rings (SSSR count). The summed E-state index contributed by atoms with van der Waals surface area (Å²) in [5.41, 5.74) is 0.232. The van der Waals surface area contributed by atoms with E-state index in [0.717, 1.165) is 38.5 Å². The number of fused-ring (bicyclic) bond motifs is 5. The second-order valence-corrected chi connectivity index (χ2v) is 9.42. The number of allylic oxidation sites excluding steroid dienone is 1. The number of hydrogen-bond acceptors (Lipinski definition) is 4. The van der Waals surface area contributed by atoms with E-state index < -0.39 is 17.7 Å². The van der Waals surface area contributed by atoms with E-state index >= 15 is 0 Å². The van der Waals surface area contributed by atoms with Crippen LogP contribution < -0.4 is 0 Å². The third-order valence-corrected chi connectivity index (χ3v) is 8.29. The number of rotatable bonds is 1. The van der Waals surface area contributed by atoms with Crippen molar-refractivity contribution in [3.05, 3.63) is 11.6 Å². The molecule has 0 radical (unpaired) electrons. The van der Waals surface area contributed by atoms with Crippen LogP contribution in [0.2, 0.25) is 0 Å². The molecule has 3 fully saturated rings. The van der Waals surface area contributed by atoms with Gasteiger partial charge in [-0.15, -0.1) is 0 Å². The average Bonchev–Trinajstić information content (AvgIpc) is 2.86. The van der Waals surface area contributed by atoms with Gasteiger partial charge in [0.05, 0.1) is 12.2 Å². The Kier molecular flexibility index (Phi) is 4.65. The van der Waals surface area contributed by atoms with Gasteiger partial charge in [-0.05, 0) is 74.0 Å². The third kappa shape index (κ3) is 2.93. The van der Waals surface area contributed by atoms with Crippen molar-refractivity contribution in [2.75, 3.05) is 0 Å². The number of hydrogen-bond donors (Lipinski definition) is 4. The molecule has 148 valence electrons. The molecule has 0 aromatic carbocycles. The van der Waals surface area contributed by atoms with Gasteiger partial charge in [0.15, 0.2) is 0 Å². The molecule has 0 amide bonds. The molecule has 4 aliphatic rings. The van der Waals surface area contributed by atoms with Gasteiger partial charge < -0.3 is 20.4 Å². The summed E-state index contributed by atoms with van der Waals surface area (Å²) in [4.78, 5) is 10.7. The standard InChI is InChI=1S/C22H30O5/c1-21-10-8-14(23)11-13(21)4-5-15-16-12-19(24)22(27,9-2-3-20(25)26)18(16)7-6-17(15)21/h4,14-19,23-24,27H,5-12H2,1H3,(H,25,26)/t14-,15-,16-,17-,18?,19-,21-,22+/m0/s1. The zero-order valence-electron chi connectivity index (χ0n) is 15.9. The Labute approximate surface area is 160 Å². The molecule has 0 aromatic heterocycles. The van der Waals surface area contributed by atoms with Crippen molar-refractivity contribution < 1.29 is 25.2 Å². The average molecular weight is 374 g/mol. The van der Waals surface area contributed by atoms with Crippen molar-refractivity contribution in [2.45, 2.75) is 76.1 Å². The molecule has 0 aliphatic heterocycles. The zero-order valence-corrected chi connectivity index (χ0v) is 15.9. The number of carbonyl (C=O) groups is 1. The minimum Gasteiger partial charge on any atom is -0.472 e. The van der Waals surface area contributed by atoms with E-state index in [2.05, 4.69) is 24.8 Å². The number of carboxylic acids is 1. The molecule has 1 unspecified atom stereocenters. The first kappa shape index (κ1) is 19.0. The lowest BCUT2D eigenvalue weighted by Crippen LogP contribution is -2.50. The minimum absolute atomic E-state index is 0.0174. The van der Waals surface area contributed by atoms with Crippen LogP contribution in [0, 0.1) is 40.9 Å². The van der Waals surface area contributed by atoms with E-state index in [-0.39, 0.29) is 29.8 Å². The highest BCUT2D eigenvalue weighted by Crippen LogP contribution is 2.63. The van der Waals surface area contributed by atoms with E-state index in [1.54, 1.807) is 0 Å². The first-order chi connectivity index (χ1) is 12.8. The molecular formula is C22H30O5. The van der Waals surface area contributed by atoms with Crippen molar-refractivity contribution in [1.29, 1.82) is 0 Å². The second kappa shape index (κ2) is 6.62. The molecular weight excluding hydrogens is 344 g/mol. The molecule has 4 aliphatic carbocycles. The van der Waals surface area contributed by atoms with Crippen LogP contribution in [0.15, 0.2) is 11.6 Å². The molecule has 8 atom stereocenters. The van der Waals surface area contributed by atoms with Gasteiger partial charge in [0.25, 0.3) is 0 Å². The summed E-state index contributed by atoms with van der Waals surface area (Å²) in [6.07, 6.45) is 7.29. The van der Waals surface area contributed by atoms with Crippen molar-refractivity contribution >= 4 is 5.97 Å². The molecule has 0 spiro atoms. The van der Waals surface area contributed by atoms with Gasteiger partial charge in [-0.25, -0.2) is 4.79 Å². The lowest BCUT2D eigenvalue weighted by molar-refractivity contribution is -0.130. The van der Waals surface area contributed by atoms with E-state index in [1.807, 2.05) is 0 Å². The summed E-state index contributed by atoms with van der Waals surface area (Å²) in [7, 11) is 0. The van der Waals surface area contributed by atoms with Gasteiger partial charge >= 0.3 is 5.97 Å². The number of carboxylic acid groups (broad SMARTS) is 1. The summed E-state index contributed by atoms with van der Waals surface area (Å²) in [6.45, 7) is 2.35.